The molecule has 0 atom stereocenters. The van der Waals surface area contributed by atoms with Gasteiger partial charge in [0.25, 0.3) is 0 Å². The molecule has 0 heterocycles. The van der Waals surface area contributed by atoms with Crippen LogP contribution in [0.1, 0.15) is 0 Å². The van der Waals surface area contributed by atoms with E-state index in [2.05, 4.69) is 10.1 Å². The van der Waals surface area contributed by atoms with Gasteiger partial charge in [-0.3, -0.25) is 4.79 Å². The molecule has 0 saturated carbocycles. The normalized spacial score (nSPS) is 7.11. The average Bonchev–Trinajstić information content (AvgIpc) is 1.93. The predicted molar refractivity (Wildman–Crippen MR) is 34.1 cm³/mol. The van der Waals surface area contributed by atoms with Gasteiger partial charge in [0.1, 0.15) is 6.61 Å². The number of aliphatic hydroxyl groups is 1. The Morgan fingerprint density at radius 3 is 2.22 bits per heavy atom. The van der Waals surface area contributed by atoms with Crippen LogP contribution in [0.4, 0.5) is 0 Å². The predicted octanol–water partition coefficient (Wildman–Crippen LogP) is -1.01. The van der Waals surface area contributed by atoms with Crippen LogP contribution in [-0.4, -0.2) is 38.9 Å². The van der Waals surface area contributed by atoms with Gasteiger partial charge >= 0.3 is 0 Å². The number of rotatable bonds is 2. The molecule has 56 valence electrons. The van der Waals surface area contributed by atoms with Crippen molar-refractivity contribution in [2.75, 3.05) is 27.9 Å². The highest BCUT2D eigenvalue weighted by atomic mass is 16.5. The molecule has 0 spiro atoms. The molecule has 9 heavy (non-hydrogen) atoms. The monoisotopic (exact) mass is 135 g/mol. The highest BCUT2D eigenvalue weighted by Gasteiger charge is 1.90. The summed E-state index contributed by atoms with van der Waals surface area (Å²) < 4.78 is 4.48. The number of methoxy groups -OCH3 is 1. The molecule has 4 nitrogen and oxygen atoms in total. The zero-order valence-corrected chi connectivity index (χ0v) is 5.97. The zero-order valence-electron chi connectivity index (χ0n) is 5.97. The van der Waals surface area contributed by atoms with Crippen LogP contribution in [-0.2, 0) is 9.53 Å². The van der Waals surface area contributed by atoms with Gasteiger partial charge in [-0.25, -0.2) is 0 Å². The highest BCUT2D eigenvalue weighted by Crippen LogP contribution is 1.62. The largest absolute Gasteiger partial charge is 0.400 e. The molecule has 0 saturated heterocycles. The van der Waals surface area contributed by atoms with E-state index < -0.39 is 0 Å². The number of amides is 1. The minimum absolute atomic E-state index is 0.0949. The Balaban J connectivity index is 0. The Bertz CT molecular complexity index is 65.2. The summed E-state index contributed by atoms with van der Waals surface area (Å²) in [6.45, 7) is 0.149. The van der Waals surface area contributed by atoms with E-state index in [0.29, 0.717) is 0 Å². The van der Waals surface area contributed by atoms with Gasteiger partial charge in [0.15, 0.2) is 0 Å². The van der Waals surface area contributed by atoms with Crippen LogP contribution in [0.3, 0.4) is 0 Å². The SMILES string of the molecule is CNC(=O)COC.CO. The minimum atomic E-state index is -0.0949. The zero-order chi connectivity index (χ0) is 7.70. The summed E-state index contributed by atoms with van der Waals surface area (Å²) in [4.78, 5) is 10.2. The second kappa shape index (κ2) is 10.4. The fourth-order valence-electron chi connectivity index (χ4n) is 0.203. The van der Waals surface area contributed by atoms with Gasteiger partial charge in [-0.15, -0.1) is 0 Å². The van der Waals surface area contributed by atoms with E-state index in [1.807, 2.05) is 0 Å². The van der Waals surface area contributed by atoms with E-state index in [1.54, 1.807) is 7.05 Å². The van der Waals surface area contributed by atoms with Crippen LogP contribution in [0, 0.1) is 0 Å². The van der Waals surface area contributed by atoms with Crippen LogP contribution in [0.25, 0.3) is 0 Å². The first-order valence-corrected chi connectivity index (χ1v) is 2.45. The van der Waals surface area contributed by atoms with E-state index in [0.717, 1.165) is 7.11 Å². The molecule has 0 aliphatic heterocycles. The lowest BCUT2D eigenvalue weighted by molar-refractivity contribution is -0.124. The topological polar surface area (TPSA) is 58.6 Å². The molecule has 0 aromatic heterocycles. The van der Waals surface area contributed by atoms with Crippen LogP contribution in [0.15, 0.2) is 0 Å². The van der Waals surface area contributed by atoms with Crippen molar-refractivity contribution in [3.8, 4) is 0 Å². The summed E-state index contributed by atoms with van der Waals surface area (Å²) in [7, 11) is 4.05. The first-order valence-electron chi connectivity index (χ1n) is 2.45. The van der Waals surface area contributed by atoms with E-state index in [1.165, 1.54) is 7.11 Å². The van der Waals surface area contributed by atoms with Gasteiger partial charge < -0.3 is 15.2 Å². The standard InChI is InChI=1S/C4H9NO2.CH4O/c1-5-4(6)3-7-2;1-2/h3H2,1-2H3,(H,5,6);2H,1H3. The molecule has 0 aromatic carbocycles. The molecule has 0 fully saturated rings. The van der Waals surface area contributed by atoms with Crippen molar-refractivity contribution in [3.05, 3.63) is 0 Å². The van der Waals surface area contributed by atoms with Crippen molar-refractivity contribution in [2.45, 2.75) is 0 Å². The number of ether oxygens (including phenoxy) is 1. The minimum Gasteiger partial charge on any atom is -0.400 e. The van der Waals surface area contributed by atoms with E-state index in [9.17, 15) is 4.79 Å². The quantitative estimate of drug-likeness (QED) is 0.510. The number of nitrogens with one attached hydrogen (secondary N) is 1. The molecule has 0 aromatic rings. The van der Waals surface area contributed by atoms with Crippen molar-refractivity contribution in [3.63, 3.8) is 0 Å². The van der Waals surface area contributed by atoms with Crippen molar-refractivity contribution in [1.82, 2.24) is 5.32 Å². The second-order valence-electron chi connectivity index (χ2n) is 1.11. The van der Waals surface area contributed by atoms with Gasteiger partial charge in [0.2, 0.25) is 5.91 Å². The molecule has 0 bridgehead atoms. The molecule has 4 heteroatoms. The summed E-state index contributed by atoms with van der Waals surface area (Å²) in [5, 5.41) is 9.40. The van der Waals surface area contributed by atoms with E-state index >= 15 is 0 Å². The molecule has 0 aliphatic carbocycles. The fourth-order valence-corrected chi connectivity index (χ4v) is 0.203. The summed E-state index contributed by atoms with van der Waals surface area (Å²) in [5.41, 5.74) is 0. The summed E-state index contributed by atoms with van der Waals surface area (Å²) in [6.07, 6.45) is 0. The Morgan fingerprint density at radius 2 is 2.11 bits per heavy atom. The third-order valence-electron chi connectivity index (χ3n) is 0.554. The lowest BCUT2D eigenvalue weighted by Crippen LogP contribution is -2.22. The Hall–Kier alpha value is -0.610. The van der Waals surface area contributed by atoms with E-state index in [-0.39, 0.29) is 12.5 Å². The van der Waals surface area contributed by atoms with E-state index in [4.69, 9.17) is 5.11 Å². The molecule has 0 unspecified atom stereocenters. The fraction of sp³-hybridized carbons (Fsp3) is 0.800. The Labute approximate surface area is 54.8 Å². The Morgan fingerprint density at radius 1 is 1.67 bits per heavy atom. The third-order valence-corrected chi connectivity index (χ3v) is 0.554. The highest BCUT2D eigenvalue weighted by molar-refractivity contribution is 5.76. The first kappa shape index (κ1) is 11.2. The molecule has 1 amide bonds. The maximum absolute atomic E-state index is 10.2. The maximum atomic E-state index is 10.2. The van der Waals surface area contributed by atoms with Crippen molar-refractivity contribution in [2.24, 2.45) is 0 Å². The second-order valence-corrected chi connectivity index (χ2v) is 1.11. The number of carbonyl (C=O) groups excluding carboxylic acids is 1. The van der Waals surface area contributed by atoms with Crippen LogP contribution >= 0.6 is 0 Å². The van der Waals surface area contributed by atoms with Gasteiger partial charge in [0.05, 0.1) is 0 Å². The van der Waals surface area contributed by atoms with Crippen LogP contribution < -0.4 is 5.32 Å². The number of likely N-dealkylation sites (N-methyl/N-ethyl adjacent to an activating group) is 1. The van der Waals surface area contributed by atoms with Crippen LogP contribution in [0.5, 0.6) is 0 Å². The molecular formula is C5H13NO3. The first-order chi connectivity index (χ1) is 4.31. The Kier molecular flexibility index (Phi) is 13.0. The lowest BCUT2D eigenvalue weighted by Gasteiger charge is -1.92. The average molecular weight is 135 g/mol. The van der Waals surface area contributed by atoms with Gasteiger partial charge in [0, 0.05) is 21.3 Å². The molecule has 2 N–H and O–H groups in total. The molecular weight excluding hydrogens is 122 g/mol. The van der Waals surface area contributed by atoms with Gasteiger partial charge in [-0.2, -0.15) is 0 Å². The van der Waals surface area contributed by atoms with Crippen molar-refractivity contribution >= 4 is 5.91 Å². The summed E-state index contributed by atoms with van der Waals surface area (Å²) in [5.74, 6) is -0.0949. The van der Waals surface area contributed by atoms with Crippen LogP contribution in [0.2, 0.25) is 0 Å². The van der Waals surface area contributed by atoms with Gasteiger partial charge in [-0.1, -0.05) is 0 Å². The maximum Gasteiger partial charge on any atom is 0.245 e. The number of hydrogen-bond donors (Lipinski definition) is 2. The van der Waals surface area contributed by atoms with Crippen molar-refractivity contribution in [1.29, 1.82) is 0 Å². The molecule has 0 radical (unpaired) electrons. The smallest absolute Gasteiger partial charge is 0.245 e. The molecule has 0 rings (SSSR count). The number of carbonyl (C=O) groups is 1. The summed E-state index contributed by atoms with van der Waals surface area (Å²) in [6, 6.07) is 0. The lowest BCUT2D eigenvalue weighted by atomic mass is 10.7. The number of hydrogen-bond acceptors (Lipinski definition) is 3. The number of aliphatic hydroxyl groups excluding tert-OH is 1. The third kappa shape index (κ3) is 11.1. The van der Waals surface area contributed by atoms with Crippen molar-refractivity contribution < 1.29 is 14.6 Å². The molecule has 0 aliphatic rings. The summed E-state index contributed by atoms with van der Waals surface area (Å²) >= 11 is 0. The van der Waals surface area contributed by atoms with Gasteiger partial charge in [-0.05, 0) is 0 Å².